The third kappa shape index (κ3) is 3.71. The highest BCUT2D eigenvalue weighted by Gasteiger charge is 2.21. The van der Waals surface area contributed by atoms with E-state index in [9.17, 15) is 4.79 Å². The number of nitrogens with two attached hydrogens (primary N) is 1. The molecule has 0 aliphatic carbocycles. The molecule has 0 bridgehead atoms. The Morgan fingerprint density at radius 2 is 2.05 bits per heavy atom. The van der Waals surface area contributed by atoms with Crippen LogP contribution in [-0.4, -0.2) is 34.4 Å². The van der Waals surface area contributed by atoms with E-state index in [1.54, 1.807) is 4.90 Å². The Balaban J connectivity index is 3.06. The van der Waals surface area contributed by atoms with E-state index in [4.69, 9.17) is 10.9 Å². The second-order valence-corrected chi connectivity index (χ2v) is 4.63. The van der Waals surface area contributed by atoms with E-state index >= 15 is 0 Å². The predicted octanol–water partition coefficient (Wildman–Crippen LogP) is 1.85. The topological polar surface area (TPSA) is 78.9 Å². The zero-order chi connectivity index (χ0) is 14.4. The van der Waals surface area contributed by atoms with E-state index in [2.05, 4.69) is 5.16 Å². The molecule has 5 nitrogen and oxygen atoms in total. The van der Waals surface area contributed by atoms with Crippen LogP contribution in [0.25, 0.3) is 0 Å². The maximum atomic E-state index is 12.6. The van der Waals surface area contributed by atoms with Gasteiger partial charge in [-0.2, -0.15) is 0 Å². The van der Waals surface area contributed by atoms with Gasteiger partial charge in [-0.1, -0.05) is 30.3 Å². The van der Waals surface area contributed by atoms with Crippen LogP contribution in [0.2, 0.25) is 0 Å². The fourth-order valence-corrected chi connectivity index (χ4v) is 1.89. The Labute approximate surface area is 113 Å². The summed E-state index contributed by atoms with van der Waals surface area (Å²) < 4.78 is 0. The zero-order valence-corrected chi connectivity index (χ0v) is 11.6. The van der Waals surface area contributed by atoms with E-state index in [0.717, 1.165) is 12.0 Å². The van der Waals surface area contributed by atoms with Gasteiger partial charge in [-0.15, -0.1) is 0 Å². The van der Waals surface area contributed by atoms with Gasteiger partial charge in [-0.05, 0) is 31.9 Å². The Morgan fingerprint density at radius 1 is 1.42 bits per heavy atom. The largest absolute Gasteiger partial charge is 0.409 e. The smallest absolute Gasteiger partial charge is 0.254 e. The van der Waals surface area contributed by atoms with Crippen molar-refractivity contribution in [3.05, 3.63) is 35.4 Å². The molecule has 0 aliphatic rings. The quantitative estimate of drug-likeness (QED) is 0.368. The molecular weight excluding hydrogens is 242 g/mol. The molecule has 0 spiro atoms. The van der Waals surface area contributed by atoms with Crippen LogP contribution < -0.4 is 5.73 Å². The number of hydrogen-bond donors (Lipinski definition) is 2. The molecule has 0 unspecified atom stereocenters. The second kappa shape index (κ2) is 6.78. The third-order valence-corrected chi connectivity index (χ3v) is 2.97. The monoisotopic (exact) mass is 263 g/mol. The summed E-state index contributed by atoms with van der Waals surface area (Å²) >= 11 is 0. The number of carbonyl (C=O) groups is 1. The first-order chi connectivity index (χ1) is 9.01. The molecule has 3 N–H and O–H groups in total. The minimum Gasteiger partial charge on any atom is -0.409 e. The summed E-state index contributed by atoms with van der Waals surface area (Å²) in [6.07, 6.45) is 0.789. The molecule has 0 saturated carbocycles. The van der Waals surface area contributed by atoms with E-state index in [1.165, 1.54) is 0 Å². The van der Waals surface area contributed by atoms with Crippen LogP contribution in [0.15, 0.2) is 29.4 Å². The standard InChI is InChI=1S/C14H21N3O2/c1-4-11-7-5-6-8-12(11)14(18)17(10(2)3)9-13(15)16-19/h5-8,10,19H,4,9H2,1-3H3,(H2,15,16). The number of hydrogen-bond acceptors (Lipinski definition) is 3. The fourth-order valence-electron chi connectivity index (χ4n) is 1.89. The molecule has 0 aromatic heterocycles. The van der Waals surface area contributed by atoms with Gasteiger partial charge in [0.25, 0.3) is 5.91 Å². The molecule has 0 aliphatic heterocycles. The lowest BCUT2D eigenvalue weighted by molar-refractivity contribution is 0.0733. The van der Waals surface area contributed by atoms with Gasteiger partial charge >= 0.3 is 0 Å². The molecule has 0 saturated heterocycles. The summed E-state index contributed by atoms with van der Waals surface area (Å²) in [4.78, 5) is 14.1. The van der Waals surface area contributed by atoms with Crippen molar-refractivity contribution in [2.75, 3.05) is 6.54 Å². The van der Waals surface area contributed by atoms with Crippen molar-refractivity contribution in [2.24, 2.45) is 10.9 Å². The maximum absolute atomic E-state index is 12.6. The molecule has 1 rings (SSSR count). The minimum absolute atomic E-state index is 0.0241. The van der Waals surface area contributed by atoms with E-state index < -0.39 is 0 Å². The van der Waals surface area contributed by atoms with Crippen LogP contribution >= 0.6 is 0 Å². The Hall–Kier alpha value is -2.04. The van der Waals surface area contributed by atoms with Crippen LogP contribution in [0.4, 0.5) is 0 Å². The average molecular weight is 263 g/mol. The highest BCUT2D eigenvalue weighted by Crippen LogP contribution is 2.14. The number of amidine groups is 1. The van der Waals surface area contributed by atoms with Crippen molar-refractivity contribution in [3.63, 3.8) is 0 Å². The van der Waals surface area contributed by atoms with Crippen molar-refractivity contribution in [2.45, 2.75) is 33.2 Å². The van der Waals surface area contributed by atoms with Crippen molar-refractivity contribution in [3.8, 4) is 0 Å². The van der Waals surface area contributed by atoms with E-state index in [-0.39, 0.29) is 24.3 Å². The molecule has 0 fully saturated rings. The van der Waals surface area contributed by atoms with Crippen LogP contribution in [0, 0.1) is 0 Å². The predicted molar refractivity (Wildman–Crippen MR) is 75.4 cm³/mol. The fraction of sp³-hybridized carbons (Fsp3) is 0.429. The summed E-state index contributed by atoms with van der Waals surface area (Å²) in [6, 6.07) is 7.48. The maximum Gasteiger partial charge on any atom is 0.254 e. The van der Waals surface area contributed by atoms with Crippen LogP contribution in [0.3, 0.4) is 0 Å². The lowest BCUT2D eigenvalue weighted by Crippen LogP contribution is -2.43. The number of rotatable bonds is 5. The normalized spacial score (nSPS) is 11.7. The highest BCUT2D eigenvalue weighted by molar-refractivity contribution is 5.98. The average Bonchev–Trinajstić information content (AvgIpc) is 2.43. The first-order valence-corrected chi connectivity index (χ1v) is 6.36. The molecule has 1 aromatic carbocycles. The highest BCUT2D eigenvalue weighted by atomic mass is 16.4. The van der Waals surface area contributed by atoms with Gasteiger partial charge in [0.05, 0.1) is 6.54 Å². The van der Waals surface area contributed by atoms with Crippen molar-refractivity contribution in [1.29, 1.82) is 0 Å². The molecule has 0 heterocycles. The van der Waals surface area contributed by atoms with Gasteiger partial charge in [-0.25, -0.2) is 0 Å². The number of amides is 1. The van der Waals surface area contributed by atoms with Gasteiger partial charge in [0, 0.05) is 11.6 Å². The van der Waals surface area contributed by atoms with Gasteiger partial charge in [0.1, 0.15) is 0 Å². The summed E-state index contributed by atoms with van der Waals surface area (Å²) in [5.41, 5.74) is 7.17. The lowest BCUT2D eigenvalue weighted by Gasteiger charge is -2.27. The van der Waals surface area contributed by atoms with Gasteiger partial charge in [0.15, 0.2) is 5.84 Å². The molecule has 104 valence electrons. The summed E-state index contributed by atoms with van der Waals surface area (Å²) in [7, 11) is 0. The Morgan fingerprint density at radius 3 is 2.58 bits per heavy atom. The SMILES string of the molecule is CCc1ccccc1C(=O)N(C/C(N)=N/O)C(C)C. The summed E-state index contributed by atoms with van der Waals surface area (Å²) in [5, 5.41) is 11.6. The molecule has 1 aromatic rings. The van der Waals surface area contributed by atoms with Crippen LogP contribution in [-0.2, 0) is 6.42 Å². The van der Waals surface area contributed by atoms with Crippen molar-refractivity contribution < 1.29 is 10.0 Å². The van der Waals surface area contributed by atoms with Gasteiger partial charge in [-0.3, -0.25) is 4.79 Å². The number of nitrogens with zero attached hydrogens (tertiary/aromatic N) is 2. The van der Waals surface area contributed by atoms with E-state index in [0.29, 0.717) is 5.56 Å². The van der Waals surface area contributed by atoms with Crippen LogP contribution in [0.5, 0.6) is 0 Å². The number of aryl methyl sites for hydroxylation is 1. The number of oxime groups is 1. The van der Waals surface area contributed by atoms with Crippen molar-refractivity contribution >= 4 is 11.7 Å². The number of benzene rings is 1. The Bertz CT molecular complexity index is 470. The molecular formula is C14H21N3O2. The molecule has 0 radical (unpaired) electrons. The first kappa shape index (κ1) is 15.0. The number of carbonyl (C=O) groups excluding carboxylic acids is 1. The summed E-state index contributed by atoms with van der Waals surface area (Å²) in [6.45, 7) is 5.93. The first-order valence-electron chi connectivity index (χ1n) is 6.36. The Kier molecular flexibility index (Phi) is 5.36. The van der Waals surface area contributed by atoms with Gasteiger partial charge < -0.3 is 15.8 Å². The van der Waals surface area contributed by atoms with E-state index in [1.807, 2.05) is 45.0 Å². The molecule has 19 heavy (non-hydrogen) atoms. The lowest BCUT2D eigenvalue weighted by atomic mass is 10.0. The minimum atomic E-state index is -0.0981. The zero-order valence-electron chi connectivity index (χ0n) is 11.6. The summed E-state index contributed by atoms with van der Waals surface area (Å²) in [5.74, 6) is -0.0740. The molecule has 0 atom stereocenters. The molecule has 1 amide bonds. The molecule has 5 heteroatoms. The third-order valence-electron chi connectivity index (χ3n) is 2.97. The van der Waals surface area contributed by atoms with Gasteiger partial charge in [0.2, 0.25) is 0 Å². The second-order valence-electron chi connectivity index (χ2n) is 4.63. The van der Waals surface area contributed by atoms with Crippen LogP contribution in [0.1, 0.15) is 36.7 Å². The van der Waals surface area contributed by atoms with Crippen molar-refractivity contribution in [1.82, 2.24) is 4.90 Å².